The molecule has 0 radical (unpaired) electrons. The highest BCUT2D eigenvalue weighted by Gasteiger charge is 2.05. The van der Waals surface area contributed by atoms with Gasteiger partial charge in [-0.1, -0.05) is 18.2 Å². The summed E-state index contributed by atoms with van der Waals surface area (Å²) in [5, 5.41) is 13.4. The van der Waals surface area contributed by atoms with E-state index in [-0.39, 0.29) is 0 Å². The van der Waals surface area contributed by atoms with Gasteiger partial charge in [0.25, 0.3) is 0 Å². The van der Waals surface area contributed by atoms with Crippen LogP contribution < -0.4 is 5.32 Å². The van der Waals surface area contributed by atoms with Gasteiger partial charge >= 0.3 is 0 Å². The average molecular weight is 274 g/mol. The van der Waals surface area contributed by atoms with Gasteiger partial charge in [0.1, 0.15) is 5.82 Å². The van der Waals surface area contributed by atoms with Crippen LogP contribution in [0.25, 0.3) is 10.9 Å². The molecule has 4 heteroatoms. The predicted octanol–water partition coefficient (Wildman–Crippen LogP) is 3.42. The molecule has 1 aromatic carbocycles. The summed E-state index contributed by atoms with van der Waals surface area (Å²) in [6.45, 7) is 2.68. The van der Waals surface area contributed by atoms with E-state index >= 15 is 0 Å². The molecule has 21 heavy (non-hydrogen) atoms. The van der Waals surface area contributed by atoms with Gasteiger partial charge in [0, 0.05) is 24.3 Å². The van der Waals surface area contributed by atoms with E-state index in [1.807, 2.05) is 43.5 Å². The first-order valence-electron chi connectivity index (χ1n) is 6.71. The number of anilines is 1. The van der Waals surface area contributed by atoms with Crippen LogP contribution in [0.15, 0.2) is 48.8 Å². The largest absolute Gasteiger partial charge is 0.366 e. The number of benzene rings is 1. The fourth-order valence-electron chi connectivity index (χ4n) is 2.24. The fourth-order valence-corrected chi connectivity index (χ4v) is 2.24. The summed E-state index contributed by atoms with van der Waals surface area (Å²) in [5.74, 6) is 0.710. The molecule has 0 aliphatic heterocycles. The van der Waals surface area contributed by atoms with Crippen molar-refractivity contribution in [2.24, 2.45) is 0 Å². The number of rotatable bonds is 3. The van der Waals surface area contributed by atoms with Crippen molar-refractivity contribution in [3.8, 4) is 6.07 Å². The van der Waals surface area contributed by atoms with Crippen molar-refractivity contribution in [1.29, 1.82) is 5.26 Å². The second kappa shape index (κ2) is 5.59. The number of nitrogens with one attached hydrogen (secondary N) is 1. The lowest BCUT2D eigenvalue weighted by Crippen LogP contribution is -2.04. The van der Waals surface area contributed by atoms with Crippen molar-refractivity contribution in [2.75, 3.05) is 5.32 Å². The first kappa shape index (κ1) is 13.1. The Labute approximate surface area is 123 Å². The molecule has 0 bridgehead atoms. The number of para-hydroxylation sites is 1. The minimum atomic E-state index is 0.634. The zero-order valence-electron chi connectivity index (χ0n) is 11.7. The van der Waals surface area contributed by atoms with Gasteiger partial charge in [-0.3, -0.25) is 4.98 Å². The predicted molar refractivity (Wildman–Crippen MR) is 82.8 cm³/mol. The van der Waals surface area contributed by atoms with Crippen LogP contribution in [0.4, 0.5) is 5.82 Å². The topological polar surface area (TPSA) is 61.6 Å². The van der Waals surface area contributed by atoms with Gasteiger partial charge in [0.05, 0.1) is 17.1 Å². The minimum Gasteiger partial charge on any atom is -0.366 e. The first-order chi connectivity index (χ1) is 10.3. The third-order valence-corrected chi connectivity index (χ3v) is 3.43. The Morgan fingerprint density at radius 1 is 1.24 bits per heavy atom. The lowest BCUT2D eigenvalue weighted by atomic mass is 10.1. The molecule has 3 rings (SSSR count). The Morgan fingerprint density at radius 2 is 2.10 bits per heavy atom. The number of aromatic nitrogens is 2. The standard InChI is InChI=1S/C17H14N4/c1-12-10-19-7-6-13(12)11-20-17-8-14(9-18)15-4-2-3-5-16(15)21-17/h2-8,10H,11H2,1H3,(H,20,21). The normalized spacial score (nSPS) is 10.3. The second-order valence-electron chi connectivity index (χ2n) is 4.84. The molecule has 0 aliphatic carbocycles. The Morgan fingerprint density at radius 3 is 2.90 bits per heavy atom. The quantitative estimate of drug-likeness (QED) is 0.795. The van der Waals surface area contributed by atoms with E-state index < -0.39 is 0 Å². The molecular formula is C17H14N4. The van der Waals surface area contributed by atoms with E-state index in [1.54, 1.807) is 12.3 Å². The van der Waals surface area contributed by atoms with Crippen LogP contribution in [-0.2, 0) is 6.54 Å². The summed E-state index contributed by atoms with van der Waals surface area (Å²) >= 11 is 0. The zero-order valence-corrected chi connectivity index (χ0v) is 11.7. The van der Waals surface area contributed by atoms with E-state index in [1.165, 1.54) is 5.56 Å². The van der Waals surface area contributed by atoms with Crippen molar-refractivity contribution in [3.05, 3.63) is 65.5 Å². The number of pyridine rings is 2. The number of aryl methyl sites for hydroxylation is 1. The van der Waals surface area contributed by atoms with Crippen LogP contribution in [0.3, 0.4) is 0 Å². The monoisotopic (exact) mass is 274 g/mol. The number of nitrogens with zero attached hydrogens (tertiary/aromatic N) is 3. The molecule has 0 saturated heterocycles. The van der Waals surface area contributed by atoms with Crippen molar-refractivity contribution >= 4 is 16.7 Å². The maximum atomic E-state index is 9.28. The van der Waals surface area contributed by atoms with Crippen LogP contribution in [0.2, 0.25) is 0 Å². The minimum absolute atomic E-state index is 0.634. The first-order valence-corrected chi connectivity index (χ1v) is 6.71. The van der Waals surface area contributed by atoms with Gasteiger partial charge < -0.3 is 5.32 Å². The molecule has 1 N–H and O–H groups in total. The third kappa shape index (κ3) is 2.67. The van der Waals surface area contributed by atoms with Crippen molar-refractivity contribution in [3.63, 3.8) is 0 Å². The lowest BCUT2D eigenvalue weighted by molar-refractivity contribution is 1.07. The molecule has 0 aliphatic rings. The number of nitriles is 1. The van der Waals surface area contributed by atoms with Crippen LogP contribution in [0.1, 0.15) is 16.7 Å². The molecular weight excluding hydrogens is 260 g/mol. The molecule has 0 fully saturated rings. The number of fused-ring (bicyclic) bond motifs is 1. The molecule has 0 amide bonds. The second-order valence-corrected chi connectivity index (χ2v) is 4.84. The third-order valence-electron chi connectivity index (χ3n) is 3.43. The van der Waals surface area contributed by atoms with Crippen LogP contribution >= 0.6 is 0 Å². The number of hydrogen-bond acceptors (Lipinski definition) is 4. The maximum absolute atomic E-state index is 9.28. The van der Waals surface area contributed by atoms with Gasteiger partial charge in [0.2, 0.25) is 0 Å². The van der Waals surface area contributed by atoms with Crippen molar-refractivity contribution < 1.29 is 0 Å². The molecule has 2 aromatic heterocycles. The summed E-state index contributed by atoms with van der Waals surface area (Å²) < 4.78 is 0. The van der Waals surface area contributed by atoms with Crippen molar-refractivity contribution in [1.82, 2.24) is 9.97 Å². The molecule has 3 aromatic rings. The summed E-state index contributed by atoms with van der Waals surface area (Å²) in [7, 11) is 0. The van der Waals surface area contributed by atoms with Gasteiger partial charge in [-0.05, 0) is 36.2 Å². The Bertz CT molecular complexity index is 834. The van der Waals surface area contributed by atoms with Gasteiger partial charge in [-0.2, -0.15) is 5.26 Å². The number of hydrogen-bond donors (Lipinski definition) is 1. The SMILES string of the molecule is Cc1cnccc1CNc1cc(C#N)c2ccccc2n1. The van der Waals surface area contributed by atoms with Gasteiger partial charge in [-0.15, -0.1) is 0 Å². The highest BCUT2D eigenvalue weighted by Crippen LogP contribution is 2.20. The van der Waals surface area contributed by atoms with Crippen LogP contribution in [0.5, 0.6) is 0 Å². The molecule has 4 nitrogen and oxygen atoms in total. The lowest BCUT2D eigenvalue weighted by Gasteiger charge is -2.09. The van der Waals surface area contributed by atoms with Crippen LogP contribution in [0, 0.1) is 18.3 Å². The summed E-state index contributed by atoms with van der Waals surface area (Å²) in [6, 6.07) is 13.7. The molecule has 0 atom stereocenters. The van der Waals surface area contributed by atoms with E-state index in [0.29, 0.717) is 17.9 Å². The van der Waals surface area contributed by atoms with E-state index in [4.69, 9.17) is 0 Å². The zero-order chi connectivity index (χ0) is 14.7. The highest BCUT2D eigenvalue weighted by molar-refractivity contribution is 5.86. The highest BCUT2D eigenvalue weighted by atomic mass is 15.0. The Balaban J connectivity index is 1.91. The molecule has 102 valence electrons. The van der Waals surface area contributed by atoms with Crippen LogP contribution in [-0.4, -0.2) is 9.97 Å². The van der Waals surface area contributed by atoms with E-state index in [2.05, 4.69) is 21.4 Å². The molecule has 0 spiro atoms. The molecule has 0 saturated carbocycles. The smallest absolute Gasteiger partial charge is 0.128 e. The molecule has 2 heterocycles. The van der Waals surface area contributed by atoms with E-state index in [9.17, 15) is 5.26 Å². The van der Waals surface area contributed by atoms with Crippen molar-refractivity contribution in [2.45, 2.75) is 13.5 Å². The summed E-state index contributed by atoms with van der Waals surface area (Å²) in [4.78, 5) is 8.63. The van der Waals surface area contributed by atoms with Gasteiger partial charge in [0.15, 0.2) is 0 Å². The van der Waals surface area contributed by atoms with E-state index in [0.717, 1.165) is 16.5 Å². The summed E-state index contributed by atoms with van der Waals surface area (Å²) in [6.07, 6.45) is 3.62. The average Bonchev–Trinajstić information content (AvgIpc) is 2.53. The fraction of sp³-hybridized carbons (Fsp3) is 0.118. The van der Waals surface area contributed by atoms with Gasteiger partial charge in [-0.25, -0.2) is 4.98 Å². The Kier molecular flexibility index (Phi) is 3.48. The molecule has 0 unspecified atom stereocenters. The Hall–Kier alpha value is -2.93. The maximum Gasteiger partial charge on any atom is 0.128 e. The summed E-state index contributed by atoms with van der Waals surface area (Å²) in [5.41, 5.74) is 3.75.